The largest absolute Gasteiger partial charge is 0.298 e. The third-order valence-corrected chi connectivity index (χ3v) is 2.51. The van der Waals surface area contributed by atoms with Crippen LogP contribution >= 0.6 is 0 Å². The van der Waals surface area contributed by atoms with Gasteiger partial charge in [0.15, 0.2) is 16.1 Å². The van der Waals surface area contributed by atoms with Gasteiger partial charge in [-0.25, -0.2) is 8.42 Å². The van der Waals surface area contributed by atoms with Crippen LogP contribution < -0.4 is 0 Å². The maximum absolute atomic E-state index is 11.0. The standard InChI is InChI=1S/C7H7NO3S/c1-12(10,11)7-2-3-8-4-6(7)5-9/h2-5H,1H3. The van der Waals surface area contributed by atoms with E-state index in [1.54, 1.807) is 0 Å². The second kappa shape index (κ2) is 3.02. The summed E-state index contributed by atoms with van der Waals surface area (Å²) in [6.07, 6.45) is 4.09. The van der Waals surface area contributed by atoms with Gasteiger partial charge in [0.05, 0.1) is 10.5 Å². The molecule has 0 fully saturated rings. The van der Waals surface area contributed by atoms with Gasteiger partial charge in [0.1, 0.15) is 0 Å². The highest BCUT2D eigenvalue weighted by Gasteiger charge is 2.11. The Morgan fingerprint density at radius 1 is 1.50 bits per heavy atom. The van der Waals surface area contributed by atoms with Gasteiger partial charge in [-0.15, -0.1) is 0 Å². The van der Waals surface area contributed by atoms with Crippen LogP contribution in [0.4, 0.5) is 0 Å². The minimum absolute atomic E-state index is 0.0208. The molecule has 0 aromatic carbocycles. The highest BCUT2D eigenvalue weighted by atomic mass is 32.2. The van der Waals surface area contributed by atoms with Gasteiger partial charge >= 0.3 is 0 Å². The van der Waals surface area contributed by atoms with Gasteiger partial charge in [-0.05, 0) is 6.07 Å². The van der Waals surface area contributed by atoms with Crippen molar-refractivity contribution in [3.05, 3.63) is 24.0 Å². The van der Waals surface area contributed by atoms with E-state index in [4.69, 9.17) is 0 Å². The lowest BCUT2D eigenvalue weighted by atomic mass is 10.3. The summed E-state index contributed by atoms with van der Waals surface area (Å²) in [6, 6.07) is 1.30. The maximum atomic E-state index is 11.0. The molecule has 1 heterocycles. The number of hydrogen-bond acceptors (Lipinski definition) is 4. The van der Waals surface area contributed by atoms with Crippen LogP contribution in [0.15, 0.2) is 23.4 Å². The molecule has 12 heavy (non-hydrogen) atoms. The fourth-order valence-corrected chi connectivity index (χ4v) is 1.66. The monoisotopic (exact) mass is 185 g/mol. The predicted molar refractivity (Wildman–Crippen MR) is 42.7 cm³/mol. The zero-order chi connectivity index (χ0) is 9.19. The summed E-state index contributed by atoms with van der Waals surface area (Å²) in [5.41, 5.74) is 0.0972. The normalized spacial score (nSPS) is 11.1. The lowest BCUT2D eigenvalue weighted by molar-refractivity contribution is 0.112. The molecule has 0 N–H and O–H groups in total. The molecule has 0 aliphatic carbocycles. The first-order valence-electron chi connectivity index (χ1n) is 3.15. The van der Waals surface area contributed by atoms with E-state index in [1.807, 2.05) is 0 Å². The first-order valence-corrected chi connectivity index (χ1v) is 5.04. The number of aromatic nitrogens is 1. The molecule has 5 heteroatoms. The van der Waals surface area contributed by atoms with E-state index >= 15 is 0 Å². The summed E-state index contributed by atoms with van der Waals surface area (Å²) in [6.45, 7) is 0. The van der Waals surface area contributed by atoms with E-state index in [-0.39, 0.29) is 10.5 Å². The Bertz CT molecular complexity index is 397. The van der Waals surface area contributed by atoms with Crippen molar-refractivity contribution >= 4 is 16.1 Å². The number of carbonyl (C=O) groups excluding carboxylic acids is 1. The van der Waals surface area contributed by atoms with E-state index in [2.05, 4.69) is 4.98 Å². The van der Waals surface area contributed by atoms with E-state index in [0.717, 1.165) is 6.26 Å². The van der Waals surface area contributed by atoms with E-state index in [1.165, 1.54) is 18.5 Å². The van der Waals surface area contributed by atoms with Crippen molar-refractivity contribution in [1.29, 1.82) is 0 Å². The van der Waals surface area contributed by atoms with Crippen LogP contribution in [0.3, 0.4) is 0 Å². The molecule has 1 aromatic rings. The van der Waals surface area contributed by atoms with Crippen LogP contribution in [0, 0.1) is 0 Å². The molecule has 4 nitrogen and oxygen atoms in total. The van der Waals surface area contributed by atoms with Crippen molar-refractivity contribution in [3.63, 3.8) is 0 Å². The number of rotatable bonds is 2. The number of carbonyl (C=O) groups is 1. The molecular weight excluding hydrogens is 178 g/mol. The molecule has 0 aliphatic heterocycles. The number of nitrogens with zero attached hydrogens (tertiary/aromatic N) is 1. The number of aldehydes is 1. The third kappa shape index (κ3) is 1.68. The van der Waals surface area contributed by atoms with Crippen LogP contribution in [0.1, 0.15) is 10.4 Å². The van der Waals surface area contributed by atoms with Crippen LogP contribution in [0.25, 0.3) is 0 Å². The molecule has 0 amide bonds. The van der Waals surface area contributed by atoms with Crippen LogP contribution in [-0.2, 0) is 9.84 Å². The van der Waals surface area contributed by atoms with E-state index in [0.29, 0.717) is 6.29 Å². The Morgan fingerprint density at radius 3 is 2.58 bits per heavy atom. The molecule has 0 bridgehead atoms. The zero-order valence-electron chi connectivity index (χ0n) is 6.39. The second-order valence-electron chi connectivity index (χ2n) is 2.30. The van der Waals surface area contributed by atoms with Crippen molar-refractivity contribution in [3.8, 4) is 0 Å². The molecule has 0 aliphatic rings. The Morgan fingerprint density at radius 2 is 2.17 bits per heavy atom. The molecule has 0 atom stereocenters. The van der Waals surface area contributed by atoms with Crippen molar-refractivity contribution in [1.82, 2.24) is 4.98 Å². The maximum Gasteiger partial charge on any atom is 0.176 e. The quantitative estimate of drug-likeness (QED) is 0.621. The third-order valence-electron chi connectivity index (χ3n) is 1.34. The van der Waals surface area contributed by atoms with Crippen LogP contribution in [0.2, 0.25) is 0 Å². The summed E-state index contributed by atoms with van der Waals surface area (Å²) in [5.74, 6) is 0. The molecule has 1 aromatic heterocycles. The zero-order valence-corrected chi connectivity index (χ0v) is 7.21. The van der Waals surface area contributed by atoms with Gasteiger partial charge < -0.3 is 0 Å². The molecule has 1 rings (SSSR count). The lowest BCUT2D eigenvalue weighted by Gasteiger charge is -1.98. The predicted octanol–water partition coefficient (Wildman–Crippen LogP) is 0.298. The summed E-state index contributed by atoms with van der Waals surface area (Å²) in [4.78, 5) is 14.0. The first kappa shape index (κ1) is 8.86. The van der Waals surface area contributed by atoms with Gasteiger partial charge in [0.25, 0.3) is 0 Å². The SMILES string of the molecule is CS(=O)(=O)c1ccncc1C=O. The van der Waals surface area contributed by atoms with Crippen molar-refractivity contribution in [2.75, 3.05) is 6.26 Å². The highest BCUT2D eigenvalue weighted by molar-refractivity contribution is 7.90. The minimum atomic E-state index is -3.32. The van der Waals surface area contributed by atoms with Crippen LogP contribution in [-0.4, -0.2) is 25.9 Å². The first-order chi connectivity index (χ1) is 5.55. The van der Waals surface area contributed by atoms with Gasteiger partial charge in [-0.2, -0.15) is 0 Å². The molecule has 0 saturated heterocycles. The average molecular weight is 185 g/mol. The molecule has 64 valence electrons. The summed E-state index contributed by atoms with van der Waals surface area (Å²) in [5, 5.41) is 0. The van der Waals surface area contributed by atoms with Crippen molar-refractivity contribution in [2.45, 2.75) is 4.90 Å². The topological polar surface area (TPSA) is 64.1 Å². The molecule has 0 radical (unpaired) electrons. The fraction of sp³-hybridized carbons (Fsp3) is 0.143. The van der Waals surface area contributed by atoms with Gasteiger partial charge in [-0.3, -0.25) is 9.78 Å². The van der Waals surface area contributed by atoms with Crippen molar-refractivity contribution < 1.29 is 13.2 Å². The Kier molecular flexibility index (Phi) is 2.23. The summed E-state index contributed by atoms with van der Waals surface area (Å²) >= 11 is 0. The van der Waals surface area contributed by atoms with Gasteiger partial charge in [0, 0.05) is 18.6 Å². The highest BCUT2D eigenvalue weighted by Crippen LogP contribution is 2.10. The smallest absolute Gasteiger partial charge is 0.176 e. The van der Waals surface area contributed by atoms with E-state index < -0.39 is 9.84 Å². The fourth-order valence-electron chi connectivity index (χ4n) is 0.820. The van der Waals surface area contributed by atoms with E-state index in [9.17, 15) is 13.2 Å². The lowest BCUT2D eigenvalue weighted by Crippen LogP contribution is -2.01. The molecule has 0 unspecified atom stereocenters. The Labute approximate surface area is 70.2 Å². The average Bonchev–Trinajstić information content (AvgIpc) is 2.03. The summed E-state index contributed by atoms with van der Waals surface area (Å²) < 4.78 is 22.1. The van der Waals surface area contributed by atoms with Gasteiger partial charge in [-0.1, -0.05) is 0 Å². The summed E-state index contributed by atoms with van der Waals surface area (Å²) in [7, 11) is -3.32. The van der Waals surface area contributed by atoms with Crippen LogP contribution in [0.5, 0.6) is 0 Å². The van der Waals surface area contributed by atoms with Crippen molar-refractivity contribution in [2.24, 2.45) is 0 Å². The Balaban J connectivity index is 3.43. The molecule has 0 spiro atoms. The molecular formula is C7H7NO3S. The minimum Gasteiger partial charge on any atom is -0.298 e. The molecule has 0 saturated carbocycles. The second-order valence-corrected chi connectivity index (χ2v) is 4.29. The Hall–Kier alpha value is -1.23. The number of sulfone groups is 1. The number of pyridine rings is 1. The van der Waals surface area contributed by atoms with Gasteiger partial charge in [0.2, 0.25) is 0 Å². The number of hydrogen-bond donors (Lipinski definition) is 0.